The summed E-state index contributed by atoms with van der Waals surface area (Å²) in [5.74, 6) is 3.01. The van der Waals surface area contributed by atoms with Gasteiger partial charge >= 0.3 is 118 Å². The summed E-state index contributed by atoms with van der Waals surface area (Å²) in [7, 11) is 0. The van der Waals surface area contributed by atoms with Crippen molar-refractivity contribution in [1.82, 2.24) is 0 Å². The molecule has 286 valence electrons. The Hall–Kier alpha value is -3.56. The molecule has 0 aliphatic carbocycles. The van der Waals surface area contributed by atoms with E-state index in [4.69, 9.17) is 0 Å². The van der Waals surface area contributed by atoms with Gasteiger partial charge in [0.05, 0.1) is 5.57 Å². The summed E-state index contributed by atoms with van der Waals surface area (Å²) in [6.07, 6.45) is 15.8. The van der Waals surface area contributed by atoms with Gasteiger partial charge in [-0.15, -0.1) is 4.79 Å². The zero-order valence-electron chi connectivity index (χ0n) is 33.8. The van der Waals surface area contributed by atoms with E-state index in [-0.39, 0.29) is 0 Å². The number of rotatable bonds is 21. The van der Waals surface area contributed by atoms with Crippen LogP contribution in [0.3, 0.4) is 0 Å². The van der Waals surface area contributed by atoms with E-state index in [2.05, 4.69) is 149 Å². The minimum atomic E-state index is 0.881. The van der Waals surface area contributed by atoms with Crippen molar-refractivity contribution in [3.63, 3.8) is 0 Å². The zero-order valence-corrected chi connectivity index (χ0v) is 35.3. The molecule has 4 aromatic carbocycles. The van der Waals surface area contributed by atoms with Crippen LogP contribution >= 0.6 is 0 Å². The van der Waals surface area contributed by atoms with Gasteiger partial charge < -0.3 is 5.53 Å². The third-order valence-corrected chi connectivity index (χ3v) is 11.4. The first kappa shape index (κ1) is 43.8. The van der Waals surface area contributed by atoms with Crippen molar-refractivity contribution in [3.05, 3.63) is 158 Å². The molecule has 0 fully saturated rings. The van der Waals surface area contributed by atoms with Crippen molar-refractivity contribution in [3.8, 4) is 0 Å². The van der Waals surface area contributed by atoms with Crippen molar-refractivity contribution < 1.29 is 22.8 Å². The molecule has 0 atom stereocenters. The van der Waals surface area contributed by atoms with Crippen LogP contribution in [0.15, 0.2) is 108 Å². The molecular formula is C50H66N2Pd. The Morgan fingerprint density at radius 2 is 1.02 bits per heavy atom. The van der Waals surface area contributed by atoms with Crippen molar-refractivity contribution in [2.45, 2.75) is 141 Å². The summed E-state index contributed by atoms with van der Waals surface area (Å²) < 4.78 is 0. The predicted octanol–water partition coefficient (Wildman–Crippen LogP) is 14.4. The maximum absolute atomic E-state index is 9.57. The number of aryl methyl sites for hydroxylation is 6. The fraction of sp³-hybridized carbons (Fsp3) is 0.440. The molecule has 0 saturated heterocycles. The Kier molecular flexibility index (Phi) is 21.7. The van der Waals surface area contributed by atoms with Gasteiger partial charge in [0.15, 0.2) is 0 Å². The SMILES string of the molecule is CCCCC(=C=[N+]=[N-])C(CCCC)=C(c1cc(C)cc(C)c1)c1cc(CCCC)cc(CCCC)c1.c1ccc(C[CH2][Pd][CH2]Cc2ccccc2)cc1. The minimum absolute atomic E-state index is 0.881. The summed E-state index contributed by atoms with van der Waals surface area (Å²) in [6.45, 7) is 13.4. The fourth-order valence-electron chi connectivity index (χ4n) is 6.72. The molecule has 0 radical (unpaired) electrons. The van der Waals surface area contributed by atoms with Gasteiger partial charge in [-0.1, -0.05) is 101 Å². The molecule has 0 aliphatic heterocycles. The van der Waals surface area contributed by atoms with E-state index in [0.29, 0.717) is 0 Å². The van der Waals surface area contributed by atoms with Crippen LogP contribution in [0, 0.1) is 13.8 Å². The summed E-state index contributed by atoms with van der Waals surface area (Å²) in [6, 6.07) is 35.8. The van der Waals surface area contributed by atoms with Crippen molar-refractivity contribution >= 4 is 11.4 Å². The van der Waals surface area contributed by atoms with Crippen LogP contribution in [0.5, 0.6) is 0 Å². The van der Waals surface area contributed by atoms with Crippen LogP contribution in [-0.2, 0) is 43.7 Å². The average Bonchev–Trinajstić information content (AvgIpc) is 3.17. The monoisotopic (exact) mass is 800 g/mol. The van der Waals surface area contributed by atoms with Crippen molar-refractivity contribution in [1.29, 1.82) is 0 Å². The molecule has 0 unspecified atom stereocenters. The Morgan fingerprint density at radius 1 is 0.547 bits per heavy atom. The number of hydrogen-bond donors (Lipinski definition) is 0. The summed E-state index contributed by atoms with van der Waals surface area (Å²) in [4.78, 5) is 6.12. The second-order valence-electron chi connectivity index (χ2n) is 14.3. The van der Waals surface area contributed by atoms with E-state index >= 15 is 0 Å². The van der Waals surface area contributed by atoms with Gasteiger partial charge in [0.25, 0.3) is 0 Å². The number of allylic oxidation sites excluding steroid dienone is 2. The average molecular weight is 802 g/mol. The van der Waals surface area contributed by atoms with E-state index < -0.39 is 0 Å². The van der Waals surface area contributed by atoms with Gasteiger partial charge in [0, 0.05) is 0 Å². The topological polar surface area (TPSA) is 36.4 Å². The quantitative estimate of drug-likeness (QED) is 0.0201. The molecule has 0 saturated carbocycles. The van der Waals surface area contributed by atoms with Crippen LogP contribution in [0.1, 0.15) is 136 Å². The molecular weight excluding hydrogens is 735 g/mol. The van der Waals surface area contributed by atoms with Crippen LogP contribution in [0.2, 0.25) is 9.79 Å². The Morgan fingerprint density at radius 3 is 1.49 bits per heavy atom. The van der Waals surface area contributed by atoms with Crippen LogP contribution in [0.25, 0.3) is 11.1 Å². The standard InChI is InChI=1S/C34H48N2.2C8H9.Pd/c1-7-11-15-28-22-29(16-12-8-2)24-32(23-28)34(31-20-26(5)19-27(6)21-31)33(18-14-10-4)30(25-36-35)17-13-9-3;2*1-2-8-6-4-3-5-7-8;/h19-24H,7-18H2,1-6H3;2*3-7H,1-2H2;. The van der Waals surface area contributed by atoms with Gasteiger partial charge in [0.2, 0.25) is 0 Å². The molecule has 0 spiro atoms. The molecule has 0 N–H and O–H groups in total. The predicted molar refractivity (Wildman–Crippen MR) is 227 cm³/mol. The normalized spacial score (nSPS) is 11.3. The molecule has 0 amide bonds. The van der Waals surface area contributed by atoms with Crippen molar-refractivity contribution in [2.75, 3.05) is 0 Å². The fourth-order valence-corrected chi connectivity index (χ4v) is 8.56. The Bertz CT molecular complexity index is 1650. The molecule has 4 rings (SSSR count). The molecule has 53 heavy (non-hydrogen) atoms. The Balaban J connectivity index is 0.000000368. The molecule has 2 nitrogen and oxygen atoms in total. The number of unbranched alkanes of at least 4 members (excludes halogenated alkanes) is 4. The van der Waals surface area contributed by atoms with E-state index in [0.717, 1.165) is 74.9 Å². The van der Waals surface area contributed by atoms with Crippen LogP contribution < -0.4 is 0 Å². The van der Waals surface area contributed by atoms with Crippen LogP contribution in [-0.4, -0.2) is 10.7 Å². The number of hydrogen-bond acceptors (Lipinski definition) is 0. The summed E-state index contributed by atoms with van der Waals surface area (Å²) in [5, 5.41) is 0. The third kappa shape index (κ3) is 16.6. The molecule has 4 aromatic rings. The van der Waals surface area contributed by atoms with Crippen molar-refractivity contribution in [2.24, 2.45) is 0 Å². The van der Waals surface area contributed by atoms with Gasteiger partial charge in [-0.05, 0) is 98.6 Å². The summed E-state index contributed by atoms with van der Waals surface area (Å²) >= 11 is 0.891. The first-order chi connectivity index (χ1) is 25.9. The maximum atomic E-state index is 9.57. The van der Waals surface area contributed by atoms with E-state index in [1.807, 2.05) is 0 Å². The summed E-state index contributed by atoms with van der Waals surface area (Å²) in [5.41, 5.74) is 24.2. The molecule has 0 aliphatic rings. The molecule has 0 aromatic heterocycles. The molecule has 0 bridgehead atoms. The van der Waals surface area contributed by atoms with Gasteiger partial charge in [-0.25, -0.2) is 0 Å². The van der Waals surface area contributed by atoms with Crippen LogP contribution in [0.4, 0.5) is 0 Å². The third-order valence-electron chi connectivity index (χ3n) is 9.55. The Labute approximate surface area is 332 Å². The zero-order chi connectivity index (χ0) is 38.1. The van der Waals surface area contributed by atoms with Gasteiger partial charge in [-0.2, -0.15) is 0 Å². The number of nitrogens with zero attached hydrogens (tertiary/aromatic N) is 2. The molecule has 3 heteroatoms. The van der Waals surface area contributed by atoms with E-state index in [9.17, 15) is 5.53 Å². The van der Waals surface area contributed by atoms with E-state index in [1.54, 1.807) is 0 Å². The molecule has 0 heterocycles. The van der Waals surface area contributed by atoms with Gasteiger partial charge in [-0.3, -0.25) is 0 Å². The first-order valence-corrected chi connectivity index (χ1v) is 22.6. The second-order valence-corrected chi connectivity index (χ2v) is 16.7. The number of benzene rings is 4. The van der Waals surface area contributed by atoms with E-state index in [1.165, 1.54) is 104 Å². The second kappa shape index (κ2) is 26.3. The first-order valence-electron chi connectivity index (χ1n) is 20.4. The van der Waals surface area contributed by atoms with Gasteiger partial charge in [0.1, 0.15) is 0 Å².